The van der Waals surface area contributed by atoms with Crippen molar-refractivity contribution in [2.24, 2.45) is 0 Å². The zero-order valence-electron chi connectivity index (χ0n) is 23.6. The molecule has 4 aromatic rings. The Balaban J connectivity index is 1.16. The Labute approximate surface area is 243 Å². The number of benzene rings is 4. The van der Waals surface area contributed by atoms with Gasteiger partial charge < -0.3 is 9.47 Å². The number of ether oxygens (including phenoxy) is 2. The number of hydrogen-bond donors (Lipinski definition) is 0. The minimum absolute atomic E-state index is 0.624. The molecule has 0 aliphatic rings. The molecule has 41 heavy (non-hydrogen) atoms. The van der Waals surface area contributed by atoms with Gasteiger partial charge in [0.05, 0.1) is 36.5 Å². The molecule has 0 radical (unpaired) electrons. The third-order valence-corrected chi connectivity index (χ3v) is 6.67. The van der Waals surface area contributed by atoms with Crippen LogP contribution in [0.4, 0.5) is 0 Å². The van der Waals surface area contributed by atoms with E-state index >= 15 is 0 Å². The topological polar surface area (TPSA) is 66.0 Å². The first-order valence-corrected chi connectivity index (χ1v) is 13.9. The van der Waals surface area contributed by atoms with Gasteiger partial charge >= 0.3 is 0 Å². The summed E-state index contributed by atoms with van der Waals surface area (Å²) in [5.74, 6) is 1.59. The number of nitrogens with zero attached hydrogens (tertiary/aromatic N) is 2. The van der Waals surface area contributed by atoms with Crippen LogP contribution < -0.4 is 9.47 Å². The van der Waals surface area contributed by atoms with Crippen LogP contribution in [0.5, 0.6) is 11.5 Å². The van der Waals surface area contributed by atoms with E-state index in [1.54, 1.807) is 0 Å². The molecule has 0 aromatic heterocycles. The molecular formula is C37H34N2O2. The smallest absolute Gasteiger partial charge is 0.119 e. The highest BCUT2D eigenvalue weighted by Gasteiger charge is 2.04. The standard InChI is InChI=1S/C37H34N2O2/c1-28-6-10-30(11-7-28)24-34(26-38)32-14-18-36(19-15-32)40-22-4-3-5-23-41-37-20-16-33(17-21-37)35(27-39)25-31-12-8-29(2)9-13-31/h6-21,24-25H,3-5,22-23H2,1-2H3/b34-24-,35-25+. The van der Waals surface area contributed by atoms with Crippen molar-refractivity contribution in [3.63, 3.8) is 0 Å². The average Bonchev–Trinajstić information content (AvgIpc) is 3.01. The van der Waals surface area contributed by atoms with Crippen molar-refractivity contribution in [2.45, 2.75) is 33.1 Å². The Kier molecular flexibility index (Phi) is 10.5. The maximum absolute atomic E-state index is 9.61. The van der Waals surface area contributed by atoms with E-state index in [2.05, 4.69) is 12.1 Å². The fourth-order valence-corrected chi connectivity index (χ4v) is 4.24. The molecule has 204 valence electrons. The first-order valence-electron chi connectivity index (χ1n) is 13.9. The number of aryl methyl sites for hydroxylation is 2. The fraction of sp³-hybridized carbons (Fsp3) is 0.189. The lowest BCUT2D eigenvalue weighted by Crippen LogP contribution is -2.01. The van der Waals surface area contributed by atoms with Gasteiger partial charge in [0.25, 0.3) is 0 Å². The van der Waals surface area contributed by atoms with Crippen LogP contribution in [0.2, 0.25) is 0 Å². The molecule has 0 saturated heterocycles. The lowest BCUT2D eigenvalue weighted by Gasteiger charge is -2.09. The fourth-order valence-electron chi connectivity index (χ4n) is 4.24. The highest BCUT2D eigenvalue weighted by molar-refractivity contribution is 5.90. The van der Waals surface area contributed by atoms with E-state index in [4.69, 9.17) is 9.47 Å². The first-order chi connectivity index (χ1) is 20.0. The zero-order valence-corrected chi connectivity index (χ0v) is 23.6. The van der Waals surface area contributed by atoms with Gasteiger partial charge in [0.2, 0.25) is 0 Å². The Morgan fingerprint density at radius 3 is 1.24 bits per heavy atom. The van der Waals surface area contributed by atoms with E-state index in [1.165, 1.54) is 11.1 Å². The normalized spacial score (nSPS) is 11.4. The first kappa shape index (κ1) is 28.9. The number of hydrogen-bond acceptors (Lipinski definition) is 4. The molecule has 0 saturated carbocycles. The maximum Gasteiger partial charge on any atom is 0.119 e. The van der Waals surface area contributed by atoms with Crippen LogP contribution in [0.1, 0.15) is 52.6 Å². The minimum atomic E-state index is 0.624. The molecule has 0 aliphatic heterocycles. The predicted molar refractivity (Wildman–Crippen MR) is 167 cm³/mol. The van der Waals surface area contributed by atoms with Crippen LogP contribution in [-0.4, -0.2) is 13.2 Å². The Morgan fingerprint density at radius 1 is 0.537 bits per heavy atom. The summed E-state index contributed by atoms with van der Waals surface area (Å²) < 4.78 is 11.8. The maximum atomic E-state index is 9.61. The number of nitriles is 2. The molecule has 4 heteroatoms. The van der Waals surface area contributed by atoms with Gasteiger partial charge in [-0.1, -0.05) is 59.7 Å². The van der Waals surface area contributed by atoms with E-state index in [9.17, 15) is 10.5 Å². The molecule has 0 atom stereocenters. The van der Waals surface area contributed by atoms with Gasteiger partial charge in [-0.05, 0) is 116 Å². The molecule has 0 spiro atoms. The predicted octanol–water partition coefficient (Wildman–Crippen LogP) is 9.06. The average molecular weight is 539 g/mol. The number of rotatable bonds is 12. The van der Waals surface area contributed by atoms with Gasteiger partial charge in [0.15, 0.2) is 0 Å². The van der Waals surface area contributed by atoms with Crippen LogP contribution in [0.25, 0.3) is 23.3 Å². The number of unbranched alkanes of at least 4 members (excludes halogenated alkanes) is 2. The van der Waals surface area contributed by atoms with Gasteiger partial charge in [0, 0.05) is 0 Å². The molecule has 4 aromatic carbocycles. The molecule has 0 amide bonds. The summed E-state index contributed by atoms with van der Waals surface area (Å²) in [6, 6.07) is 36.2. The Hall–Kier alpha value is -5.06. The highest BCUT2D eigenvalue weighted by atomic mass is 16.5. The quantitative estimate of drug-likeness (QED) is 0.102. The SMILES string of the molecule is Cc1ccc(/C=C(\C#N)c2ccc(OCCCCCOc3ccc(/C(C#N)=C\c4ccc(C)cc4)cc3)cc2)cc1. The van der Waals surface area contributed by atoms with Crippen LogP contribution in [0.15, 0.2) is 97.1 Å². The lowest BCUT2D eigenvalue weighted by atomic mass is 10.0. The zero-order chi connectivity index (χ0) is 28.9. The van der Waals surface area contributed by atoms with Crippen LogP contribution in [-0.2, 0) is 0 Å². The molecular weight excluding hydrogens is 504 g/mol. The van der Waals surface area contributed by atoms with Crippen LogP contribution in [0.3, 0.4) is 0 Å². The largest absolute Gasteiger partial charge is 0.494 e. The van der Waals surface area contributed by atoms with Gasteiger partial charge in [-0.3, -0.25) is 0 Å². The monoisotopic (exact) mass is 538 g/mol. The summed E-state index contributed by atoms with van der Waals surface area (Å²) in [6.45, 7) is 5.35. The summed E-state index contributed by atoms with van der Waals surface area (Å²) in [4.78, 5) is 0. The van der Waals surface area contributed by atoms with Gasteiger partial charge in [-0.25, -0.2) is 0 Å². The third-order valence-electron chi connectivity index (χ3n) is 6.67. The van der Waals surface area contributed by atoms with Crippen molar-refractivity contribution >= 4 is 23.3 Å². The van der Waals surface area contributed by atoms with Gasteiger partial charge in [0.1, 0.15) is 11.5 Å². The van der Waals surface area contributed by atoms with Crippen molar-refractivity contribution in [3.8, 4) is 23.6 Å². The van der Waals surface area contributed by atoms with Crippen molar-refractivity contribution in [1.29, 1.82) is 10.5 Å². The molecule has 0 N–H and O–H groups in total. The number of allylic oxidation sites excluding steroid dienone is 2. The molecule has 0 unspecified atom stereocenters. The van der Waals surface area contributed by atoms with E-state index in [-0.39, 0.29) is 0 Å². The van der Waals surface area contributed by atoms with Gasteiger partial charge in [-0.2, -0.15) is 10.5 Å². The van der Waals surface area contributed by atoms with E-state index in [0.717, 1.165) is 53.0 Å². The Morgan fingerprint density at radius 2 is 0.902 bits per heavy atom. The highest BCUT2D eigenvalue weighted by Crippen LogP contribution is 2.23. The van der Waals surface area contributed by atoms with Crippen LogP contribution >= 0.6 is 0 Å². The van der Waals surface area contributed by atoms with Crippen molar-refractivity contribution in [2.75, 3.05) is 13.2 Å². The molecule has 0 bridgehead atoms. The lowest BCUT2D eigenvalue weighted by molar-refractivity contribution is 0.279. The van der Waals surface area contributed by atoms with E-state index in [1.807, 2.05) is 123 Å². The second-order valence-electron chi connectivity index (χ2n) is 9.97. The summed E-state index contributed by atoms with van der Waals surface area (Å²) in [6.07, 6.45) is 6.65. The molecule has 0 aliphatic carbocycles. The summed E-state index contributed by atoms with van der Waals surface area (Å²) in [5.41, 5.74) is 7.39. The van der Waals surface area contributed by atoms with E-state index in [0.29, 0.717) is 24.4 Å². The molecule has 4 rings (SSSR count). The minimum Gasteiger partial charge on any atom is -0.494 e. The van der Waals surface area contributed by atoms with Crippen LogP contribution in [0, 0.1) is 36.5 Å². The second kappa shape index (κ2) is 14.9. The van der Waals surface area contributed by atoms with Crippen molar-refractivity contribution in [3.05, 3.63) is 130 Å². The van der Waals surface area contributed by atoms with E-state index < -0.39 is 0 Å². The molecule has 4 nitrogen and oxygen atoms in total. The van der Waals surface area contributed by atoms with Gasteiger partial charge in [-0.15, -0.1) is 0 Å². The summed E-state index contributed by atoms with van der Waals surface area (Å²) >= 11 is 0. The van der Waals surface area contributed by atoms with Crippen molar-refractivity contribution in [1.82, 2.24) is 0 Å². The third kappa shape index (κ3) is 8.99. The second-order valence-corrected chi connectivity index (χ2v) is 9.97. The van der Waals surface area contributed by atoms with Crippen molar-refractivity contribution < 1.29 is 9.47 Å². The molecule has 0 heterocycles. The Bertz CT molecular complexity index is 1430. The molecule has 0 fully saturated rings. The summed E-state index contributed by atoms with van der Waals surface area (Å²) in [7, 11) is 0. The summed E-state index contributed by atoms with van der Waals surface area (Å²) in [5, 5.41) is 19.2.